The average molecular weight is 338 g/mol. The number of carbonyl (C=O) groups excluding carboxylic acids is 1. The van der Waals surface area contributed by atoms with E-state index in [9.17, 15) is 14.2 Å². The van der Waals surface area contributed by atoms with E-state index < -0.39 is 30.8 Å². The fraction of sp³-hybridized carbons (Fsp3) is 0.857. The molecule has 0 radical (unpaired) electrons. The quantitative estimate of drug-likeness (QED) is 0.482. The van der Waals surface area contributed by atoms with E-state index in [1.165, 1.54) is 0 Å². The summed E-state index contributed by atoms with van der Waals surface area (Å²) < 4.78 is 28.5. The first kappa shape index (κ1) is 21.1. The van der Waals surface area contributed by atoms with Gasteiger partial charge in [-0.15, -0.1) is 0 Å². The molecule has 0 aliphatic carbocycles. The first-order valence-electron chi connectivity index (χ1n) is 7.39. The average Bonchev–Trinajstić information content (AvgIpc) is 2.32. The van der Waals surface area contributed by atoms with E-state index in [0.717, 1.165) is 0 Å². The molecule has 1 atom stereocenters. The van der Waals surface area contributed by atoms with E-state index in [1.807, 2.05) is 0 Å². The van der Waals surface area contributed by atoms with Gasteiger partial charge in [-0.25, -0.2) is 0 Å². The van der Waals surface area contributed by atoms with Crippen LogP contribution in [0.25, 0.3) is 0 Å². The van der Waals surface area contributed by atoms with Gasteiger partial charge in [-0.05, 0) is 47.5 Å². The third-order valence-electron chi connectivity index (χ3n) is 2.55. The standard InChI is InChI=1S/C14H27O7P/c1-6-19-22(18,20-7-2)11(9-8-10-12(15)16)13(17)21-14(3,4)5/h11H,6-10H2,1-5H3,(H,15,16). The van der Waals surface area contributed by atoms with Gasteiger partial charge in [-0.2, -0.15) is 0 Å². The number of rotatable bonds is 10. The molecule has 0 aromatic heterocycles. The Morgan fingerprint density at radius 3 is 2.00 bits per heavy atom. The lowest BCUT2D eigenvalue weighted by Crippen LogP contribution is -2.33. The molecule has 22 heavy (non-hydrogen) atoms. The largest absolute Gasteiger partial charge is 0.481 e. The Balaban J connectivity index is 5.23. The zero-order chi connectivity index (χ0) is 17.4. The molecule has 0 fully saturated rings. The van der Waals surface area contributed by atoms with Crippen LogP contribution in [0, 0.1) is 0 Å². The predicted molar refractivity (Wildman–Crippen MR) is 82.0 cm³/mol. The zero-order valence-corrected chi connectivity index (χ0v) is 14.9. The first-order valence-corrected chi connectivity index (χ1v) is 9.00. The van der Waals surface area contributed by atoms with Gasteiger partial charge in [0.2, 0.25) is 0 Å². The molecule has 7 nitrogen and oxygen atoms in total. The minimum atomic E-state index is -3.70. The van der Waals surface area contributed by atoms with Gasteiger partial charge in [0, 0.05) is 6.42 Å². The molecular formula is C14H27O7P. The predicted octanol–water partition coefficient (Wildman–Crippen LogP) is 3.22. The smallest absolute Gasteiger partial charge is 0.344 e. The summed E-state index contributed by atoms with van der Waals surface area (Å²) in [6, 6.07) is 0. The van der Waals surface area contributed by atoms with Crippen molar-refractivity contribution in [1.29, 1.82) is 0 Å². The normalized spacial score (nSPS) is 13.7. The molecule has 0 spiro atoms. The van der Waals surface area contributed by atoms with Crippen LogP contribution in [0.3, 0.4) is 0 Å². The Morgan fingerprint density at radius 1 is 1.14 bits per heavy atom. The second kappa shape index (κ2) is 9.28. The van der Waals surface area contributed by atoms with E-state index in [4.69, 9.17) is 18.9 Å². The molecule has 0 aromatic carbocycles. The highest BCUT2D eigenvalue weighted by atomic mass is 31.2. The maximum Gasteiger partial charge on any atom is 0.344 e. The number of carboxylic acid groups (broad SMARTS) is 1. The summed E-state index contributed by atoms with van der Waals surface area (Å²) in [6.07, 6.45) is 0.124. The molecule has 1 unspecified atom stereocenters. The van der Waals surface area contributed by atoms with Crippen LogP contribution in [0.4, 0.5) is 0 Å². The minimum Gasteiger partial charge on any atom is -0.481 e. The van der Waals surface area contributed by atoms with Crippen molar-refractivity contribution < 1.29 is 33.0 Å². The van der Waals surface area contributed by atoms with Crippen LogP contribution in [0.2, 0.25) is 0 Å². The number of hydrogen-bond acceptors (Lipinski definition) is 6. The van der Waals surface area contributed by atoms with Gasteiger partial charge in [0.15, 0.2) is 5.66 Å². The number of aliphatic carboxylic acids is 1. The molecule has 0 aromatic rings. The van der Waals surface area contributed by atoms with Crippen molar-refractivity contribution in [1.82, 2.24) is 0 Å². The number of esters is 1. The summed E-state index contributed by atoms with van der Waals surface area (Å²) >= 11 is 0. The minimum absolute atomic E-state index is 0.0679. The Morgan fingerprint density at radius 2 is 1.64 bits per heavy atom. The highest BCUT2D eigenvalue weighted by molar-refractivity contribution is 7.55. The van der Waals surface area contributed by atoms with E-state index in [1.54, 1.807) is 34.6 Å². The van der Waals surface area contributed by atoms with Crippen molar-refractivity contribution in [2.75, 3.05) is 13.2 Å². The van der Waals surface area contributed by atoms with Crippen LogP contribution in [-0.2, 0) is 27.9 Å². The first-order chi connectivity index (χ1) is 10.1. The van der Waals surface area contributed by atoms with E-state index in [2.05, 4.69) is 0 Å². The van der Waals surface area contributed by atoms with Gasteiger partial charge < -0.3 is 18.9 Å². The molecule has 0 bridgehead atoms. The van der Waals surface area contributed by atoms with E-state index in [0.29, 0.717) is 0 Å². The Hall–Kier alpha value is -0.910. The van der Waals surface area contributed by atoms with Gasteiger partial charge >= 0.3 is 19.5 Å². The maximum absolute atomic E-state index is 12.8. The van der Waals surface area contributed by atoms with Gasteiger partial charge in [-0.1, -0.05) is 0 Å². The van der Waals surface area contributed by atoms with Crippen molar-refractivity contribution in [2.45, 2.75) is 65.1 Å². The second-order valence-electron chi connectivity index (χ2n) is 5.71. The van der Waals surface area contributed by atoms with Crippen LogP contribution in [0.5, 0.6) is 0 Å². The van der Waals surface area contributed by atoms with Gasteiger partial charge in [-0.3, -0.25) is 14.2 Å². The molecule has 0 saturated heterocycles. The molecule has 0 heterocycles. The summed E-state index contributed by atoms with van der Waals surface area (Å²) in [6.45, 7) is 8.64. The van der Waals surface area contributed by atoms with E-state index >= 15 is 0 Å². The molecule has 8 heteroatoms. The summed E-state index contributed by atoms with van der Waals surface area (Å²) in [5.41, 5.74) is -1.86. The van der Waals surface area contributed by atoms with Crippen molar-refractivity contribution >= 4 is 19.5 Å². The molecule has 0 rings (SSSR count). The molecule has 130 valence electrons. The SMILES string of the molecule is CCOP(=O)(OCC)C(CCCC(=O)O)C(=O)OC(C)(C)C. The number of hydrogen-bond donors (Lipinski definition) is 1. The van der Waals surface area contributed by atoms with Crippen molar-refractivity contribution in [3.8, 4) is 0 Å². The Kier molecular flexibility index (Phi) is 8.89. The third-order valence-corrected chi connectivity index (χ3v) is 5.02. The molecule has 0 saturated carbocycles. The van der Waals surface area contributed by atoms with Crippen LogP contribution >= 0.6 is 7.60 Å². The van der Waals surface area contributed by atoms with Crippen LogP contribution in [0.15, 0.2) is 0 Å². The highest BCUT2D eigenvalue weighted by Gasteiger charge is 2.43. The molecule has 0 aliphatic rings. The summed E-state index contributed by atoms with van der Waals surface area (Å²) in [5.74, 6) is -1.67. The van der Waals surface area contributed by atoms with Crippen LogP contribution in [0.1, 0.15) is 53.9 Å². The summed E-state index contributed by atoms with van der Waals surface area (Å²) in [4.78, 5) is 23.0. The fourth-order valence-corrected chi connectivity index (χ4v) is 3.76. The molecule has 0 amide bonds. The topological polar surface area (TPSA) is 99.1 Å². The molecule has 1 N–H and O–H groups in total. The monoisotopic (exact) mass is 338 g/mol. The number of carboxylic acids is 1. The summed E-state index contributed by atoms with van der Waals surface area (Å²) in [7, 11) is -3.70. The van der Waals surface area contributed by atoms with Gasteiger partial charge in [0.1, 0.15) is 5.60 Å². The zero-order valence-electron chi connectivity index (χ0n) is 14.0. The third kappa shape index (κ3) is 7.92. The summed E-state index contributed by atoms with van der Waals surface area (Å²) in [5, 5.41) is 8.71. The second-order valence-corrected chi connectivity index (χ2v) is 7.93. The number of ether oxygens (including phenoxy) is 1. The lowest BCUT2D eigenvalue weighted by atomic mass is 10.1. The van der Waals surface area contributed by atoms with Crippen molar-refractivity contribution in [2.24, 2.45) is 0 Å². The Bertz CT molecular complexity index is 404. The molecular weight excluding hydrogens is 311 g/mol. The lowest BCUT2D eigenvalue weighted by Gasteiger charge is -2.28. The lowest BCUT2D eigenvalue weighted by molar-refractivity contribution is -0.155. The van der Waals surface area contributed by atoms with Crippen LogP contribution in [-0.4, -0.2) is 41.5 Å². The highest BCUT2D eigenvalue weighted by Crippen LogP contribution is 2.55. The van der Waals surface area contributed by atoms with Gasteiger partial charge in [0.05, 0.1) is 13.2 Å². The maximum atomic E-state index is 12.8. The van der Waals surface area contributed by atoms with Crippen LogP contribution < -0.4 is 0 Å². The van der Waals surface area contributed by atoms with Gasteiger partial charge in [0.25, 0.3) is 0 Å². The fourth-order valence-electron chi connectivity index (χ4n) is 1.80. The Labute approximate surface area is 131 Å². The van der Waals surface area contributed by atoms with Crippen molar-refractivity contribution in [3.05, 3.63) is 0 Å². The molecule has 0 aliphatic heterocycles. The van der Waals surface area contributed by atoms with E-state index in [-0.39, 0.29) is 32.5 Å². The van der Waals surface area contributed by atoms with Crippen molar-refractivity contribution in [3.63, 3.8) is 0 Å². The number of carbonyl (C=O) groups is 2.